The Morgan fingerprint density at radius 1 is 0.431 bits per heavy atom. The third-order valence-electron chi connectivity index (χ3n) is 11.2. The molecule has 0 saturated heterocycles. The van der Waals surface area contributed by atoms with Crippen LogP contribution in [0.3, 0.4) is 0 Å². The van der Waals surface area contributed by atoms with E-state index in [0.29, 0.717) is 11.0 Å². The molecular weight excluding hydrogens is 723 g/mol. The van der Waals surface area contributed by atoms with Gasteiger partial charge in [-0.15, -0.1) is 0 Å². The SMILES string of the molecule is C=C/C=C\c1c(C)c(C)c(/C=C\C=C)n1-c1cccc(-n2c3ccccc3c3cc(-c4ccc5c(c4)c4ccccc4n5-c4c(O)c(O)c(O)c(O)c4O)ccc32)c1. The predicted molar refractivity (Wildman–Crippen MR) is 236 cm³/mol. The third kappa shape index (κ3) is 5.30. The lowest BCUT2D eigenvalue weighted by Gasteiger charge is -2.15. The van der Waals surface area contributed by atoms with Gasteiger partial charge in [-0.05, 0) is 103 Å². The molecule has 0 atom stereocenters. The van der Waals surface area contributed by atoms with Crippen LogP contribution in [0.25, 0.3) is 84.0 Å². The first-order valence-corrected chi connectivity index (χ1v) is 18.8. The standard InChI is InChI=1S/C50H39N3O5/c1-5-7-18-39-29(3)30(4)40(19-8-6-2)51(39)33-14-13-15-34(28-33)52-41-20-11-9-16-35(41)37-26-31(22-24-43(37)52)32-23-25-44-38(27-32)36-17-10-12-21-42(36)53(44)45-46(54)48(56)50(58)49(57)47(45)55/h5-28,54-58H,1-2H2,3-4H3/b18-7-,19-8-. The highest BCUT2D eigenvalue weighted by Gasteiger charge is 2.27. The highest BCUT2D eigenvalue weighted by atomic mass is 16.4. The summed E-state index contributed by atoms with van der Waals surface area (Å²) in [4.78, 5) is 0. The van der Waals surface area contributed by atoms with Crippen LogP contribution in [0, 0.1) is 13.8 Å². The van der Waals surface area contributed by atoms with E-state index in [1.165, 1.54) is 11.1 Å². The summed E-state index contributed by atoms with van der Waals surface area (Å²) in [5.74, 6) is -4.40. The van der Waals surface area contributed by atoms with Gasteiger partial charge < -0.3 is 39.2 Å². The number of benzene rings is 6. The summed E-state index contributed by atoms with van der Waals surface area (Å²) in [6.45, 7) is 12.1. The number of nitrogens with zero attached hydrogens (tertiary/aromatic N) is 3. The molecule has 9 rings (SSSR count). The van der Waals surface area contributed by atoms with E-state index in [-0.39, 0.29) is 5.69 Å². The first kappa shape index (κ1) is 35.8. The maximum atomic E-state index is 10.9. The van der Waals surface area contributed by atoms with Crippen molar-refractivity contribution in [1.29, 1.82) is 0 Å². The van der Waals surface area contributed by atoms with Gasteiger partial charge in [0.15, 0.2) is 11.5 Å². The Bertz CT molecular complexity index is 3170. The summed E-state index contributed by atoms with van der Waals surface area (Å²) in [6.07, 6.45) is 11.7. The number of fused-ring (bicyclic) bond motifs is 6. The smallest absolute Gasteiger partial charge is 0.208 e. The normalized spacial score (nSPS) is 12.0. The van der Waals surface area contributed by atoms with Gasteiger partial charge in [-0.25, -0.2) is 0 Å². The van der Waals surface area contributed by atoms with Crippen LogP contribution in [-0.2, 0) is 0 Å². The van der Waals surface area contributed by atoms with E-state index in [1.54, 1.807) is 16.7 Å². The zero-order valence-corrected chi connectivity index (χ0v) is 31.8. The molecule has 8 heteroatoms. The first-order valence-electron chi connectivity index (χ1n) is 18.8. The maximum absolute atomic E-state index is 10.9. The molecular formula is C50H39N3O5. The van der Waals surface area contributed by atoms with Gasteiger partial charge in [-0.3, -0.25) is 0 Å². The summed E-state index contributed by atoms with van der Waals surface area (Å²) >= 11 is 0. The van der Waals surface area contributed by atoms with Crippen molar-refractivity contribution in [2.24, 2.45) is 0 Å². The molecule has 0 aliphatic carbocycles. The highest BCUT2D eigenvalue weighted by molar-refractivity contribution is 6.13. The molecule has 0 aliphatic rings. The van der Waals surface area contributed by atoms with Gasteiger partial charge in [-0.2, -0.15) is 0 Å². The van der Waals surface area contributed by atoms with Gasteiger partial charge in [0.2, 0.25) is 17.2 Å². The van der Waals surface area contributed by atoms with Crippen LogP contribution in [0.4, 0.5) is 0 Å². The van der Waals surface area contributed by atoms with E-state index in [2.05, 4.69) is 121 Å². The van der Waals surface area contributed by atoms with E-state index in [0.717, 1.165) is 66.5 Å². The van der Waals surface area contributed by atoms with E-state index >= 15 is 0 Å². The maximum Gasteiger partial charge on any atom is 0.208 e. The molecule has 0 aliphatic heterocycles. The Hall–Kier alpha value is -7.84. The lowest BCUT2D eigenvalue weighted by molar-refractivity contribution is 0.327. The van der Waals surface area contributed by atoms with Crippen molar-refractivity contribution in [3.8, 4) is 56.9 Å². The Morgan fingerprint density at radius 3 is 1.38 bits per heavy atom. The van der Waals surface area contributed by atoms with Crippen molar-refractivity contribution in [2.45, 2.75) is 13.8 Å². The van der Waals surface area contributed by atoms with Crippen molar-refractivity contribution in [3.63, 3.8) is 0 Å². The predicted octanol–water partition coefficient (Wildman–Crippen LogP) is 11.9. The minimum absolute atomic E-state index is 0.249. The Balaban J connectivity index is 1.22. The lowest BCUT2D eigenvalue weighted by atomic mass is 10.0. The quantitative estimate of drug-likeness (QED) is 0.0601. The molecule has 58 heavy (non-hydrogen) atoms. The third-order valence-corrected chi connectivity index (χ3v) is 11.2. The molecule has 0 radical (unpaired) electrons. The molecule has 3 aromatic heterocycles. The molecule has 0 amide bonds. The Kier molecular flexibility index (Phi) is 8.48. The zero-order chi connectivity index (χ0) is 40.4. The largest absolute Gasteiger partial charge is 0.503 e. The second-order valence-electron chi connectivity index (χ2n) is 14.3. The molecule has 0 unspecified atom stereocenters. The number of aromatic nitrogens is 3. The van der Waals surface area contributed by atoms with Gasteiger partial charge >= 0.3 is 0 Å². The molecule has 8 nitrogen and oxygen atoms in total. The molecule has 3 heterocycles. The summed E-state index contributed by atoms with van der Waals surface area (Å²) in [6, 6.07) is 36.9. The fourth-order valence-electron chi connectivity index (χ4n) is 8.32. The average Bonchev–Trinajstić information content (AvgIpc) is 3.84. The molecule has 0 bridgehead atoms. The van der Waals surface area contributed by atoms with Crippen molar-refractivity contribution >= 4 is 55.8 Å². The van der Waals surface area contributed by atoms with Crippen LogP contribution in [0.15, 0.2) is 147 Å². The summed E-state index contributed by atoms with van der Waals surface area (Å²) in [5, 5.41) is 56.6. The fraction of sp³-hybridized carbons (Fsp3) is 0.0400. The van der Waals surface area contributed by atoms with Gasteiger partial charge in [0, 0.05) is 44.3 Å². The lowest BCUT2D eigenvalue weighted by Crippen LogP contribution is -2.02. The Labute approximate surface area is 334 Å². The summed E-state index contributed by atoms with van der Waals surface area (Å²) < 4.78 is 6.15. The van der Waals surface area contributed by atoms with Crippen LogP contribution in [0.5, 0.6) is 28.7 Å². The van der Waals surface area contributed by atoms with Crippen molar-refractivity contribution < 1.29 is 25.5 Å². The monoisotopic (exact) mass is 761 g/mol. The van der Waals surface area contributed by atoms with E-state index in [4.69, 9.17) is 0 Å². The number of phenols is 5. The number of aromatic hydroxyl groups is 5. The minimum Gasteiger partial charge on any atom is -0.503 e. The molecule has 0 saturated carbocycles. The fourth-order valence-corrected chi connectivity index (χ4v) is 8.32. The molecule has 5 N–H and O–H groups in total. The van der Waals surface area contributed by atoms with Crippen LogP contribution < -0.4 is 0 Å². The summed E-state index contributed by atoms with van der Waals surface area (Å²) in [5.41, 5.74) is 11.6. The second-order valence-corrected chi connectivity index (χ2v) is 14.3. The van der Waals surface area contributed by atoms with Crippen molar-refractivity contribution in [2.75, 3.05) is 0 Å². The molecule has 9 aromatic rings. The van der Waals surface area contributed by atoms with Gasteiger partial charge in [-0.1, -0.05) is 92.1 Å². The van der Waals surface area contributed by atoms with Gasteiger partial charge in [0.25, 0.3) is 0 Å². The molecule has 0 spiro atoms. The molecule has 0 fully saturated rings. The Morgan fingerprint density at radius 2 is 0.862 bits per heavy atom. The number of phenolic OH excluding ortho intramolecular Hbond substituents is 5. The minimum atomic E-state index is -1.01. The van der Waals surface area contributed by atoms with Crippen LogP contribution in [0.2, 0.25) is 0 Å². The number of hydrogen-bond acceptors (Lipinski definition) is 5. The molecule has 284 valence electrons. The number of hydrogen-bond donors (Lipinski definition) is 5. The summed E-state index contributed by atoms with van der Waals surface area (Å²) in [7, 11) is 0. The van der Waals surface area contributed by atoms with Crippen LogP contribution >= 0.6 is 0 Å². The number of rotatable bonds is 8. The number of para-hydroxylation sites is 2. The van der Waals surface area contributed by atoms with Crippen molar-refractivity contribution in [1.82, 2.24) is 13.7 Å². The van der Waals surface area contributed by atoms with Crippen LogP contribution in [-0.4, -0.2) is 39.2 Å². The topological polar surface area (TPSA) is 116 Å². The van der Waals surface area contributed by atoms with Crippen LogP contribution in [0.1, 0.15) is 22.5 Å². The van der Waals surface area contributed by atoms with E-state index in [9.17, 15) is 25.5 Å². The zero-order valence-electron chi connectivity index (χ0n) is 31.8. The number of allylic oxidation sites excluding steroid dienone is 4. The van der Waals surface area contributed by atoms with E-state index in [1.807, 2.05) is 48.6 Å². The van der Waals surface area contributed by atoms with E-state index < -0.39 is 28.7 Å². The molecule has 6 aromatic carbocycles. The first-order chi connectivity index (χ1) is 28.1. The average molecular weight is 762 g/mol. The van der Waals surface area contributed by atoms with Gasteiger partial charge in [0.1, 0.15) is 5.69 Å². The second kappa shape index (κ2) is 13.7. The van der Waals surface area contributed by atoms with Crippen molar-refractivity contribution in [3.05, 3.63) is 169 Å². The van der Waals surface area contributed by atoms with Gasteiger partial charge in [0.05, 0.1) is 22.1 Å². The highest BCUT2D eigenvalue weighted by Crippen LogP contribution is 2.54.